The van der Waals surface area contributed by atoms with Crippen LogP contribution in [0, 0.1) is 0 Å². The van der Waals surface area contributed by atoms with Crippen molar-refractivity contribution >= 4 is 11.9 Å². The number of hydroxylamine groups is 1. The Labute approximate surface area is 80.9 Å². The maximum Gasteiger partial charge on any atom is 0.347 e. The normalized spacial score (nSPS) is 9.29. The third kappa shape index (κ3) is 2.08. The van der Waals surface area contributed by atoms with Crippen molar-refractivity contribution in [3.8, 4) is 0 Å². The Hall–Kier alpha value is -1.88. The van der Waals surface area contributed by atoms with E-state index in [1.54, 1.807) is 30.3 Å². The van der Waals surface area contributed by atoms with Gasteiger partial charge in [0.2, 0.25) is 0 Å². The van der Waals surface area contributed by atoms with E-state index in [-0.39, 0.29) is 0 Å². The molecule has 14 heavy (non-hydrogen) atoms. The third-order valence-electron chi connectivity index (χ3n) is 1.73. The van der Waals surface area contributed by atoms with Crippen LogP contribution in [0.25, 0.3) is 0 Å². The van der Waals surface area contributed by atoms with Crippen LogP contribution in [0.1, 0.15) is 10.4 Å². The molecule has 5 heteroatoms. The highest BCUT2D eigenvalue weighted by atomic mass is 16.5. The molecular formula is C9H10N2O3. The second-order valence-corrected chi connectivity index (χ2v) is 2.65. The van der Waals surface area contributed by atoms with Gasteiger partial charge in [-0.25, -0.2) is 10.3 Å². The van der Waals surface area contributed by atoms with Crippen LogP contribution < -0.4 is 5.48 Å². The number of rotatable bonds is 1. The molecule has 0 fully saturated rings. The fourth-order valence-electron chi connectivity index (χ4n) is 0.942. The van der Waals surface area contributed by atoms with Crippen molar-refractivity contribution in [2.45, 2.75) is 0 Å². The summed E-state index contributed by atoms with van der Waals surface area (Å²) >= 11 is 0. The number of benzene rings is 1. The predicted molar refractivity (Wildman–Crippen MR) is 48.9 cm³/mol. The van der Waals surface area contributed by atoms with Crippen molar-refractivity contribution in [1.82, 2.24) is 10.4 Å². The summed E-state index contributed by atoms with van der Waals surface area (Å²) in [6.45, 7) is 0. The number of carbonyl (C=O) groups is 2. The van der Waals surface area contributed by atoms with Gasteiger partial charge in [0.05, 0.1) is 0 Å². The molecule has 0 saturated carbocycles. The first-order valence-corrected chi connectivity index (χ1v) is 3.94. The number of hydrogen-bond donors (Lipinski definition) is 2. The number of amides is 3. The quantitative estimate of drug-likeness (QED) is 0.514. The van der Waals surface area contributed by atoms with E-state index in [2.05, 4.69) is 0 Å². The Balaban J connectivity index is 2.81. The van der Waals surface area contributed by atoms with Crippen molar-refractivity contribution in [3.63, 3.8) is 0 Å². The van der Waals surface area contributed by atoms with Gasteiger partial charge in [-0.1, -0.05) is 18.2 Å². The first-order chi connectivity index (χ1) is 6.66. The van der Waals surface area contributed by atoms with Crippen molar-refractivity contribution in [2.75, 3.05) is 7.05 Å². The van der Waals surface area contributed by atoms with E-state index < -0.39 is 11.9 Å². The fourth-order valence-corrected chi connectivity index (χ4v) is 0.942. The lowest BCUT2D eigenvalue weighted by Gasteiger charge is -2.13. The van der Waals surface area contributed by atoms with Crippen molar-refractivity contribution in [2.24, 2.45) is 0 Å². The second kappa shape index (κ2) is 4.38. The van der Waals surface area contributed by atoms with Gasteiger partial charge < -0.3 is 0 Å². The van der Waals surface area contributed by atoms with E-state index in [1.165, 1.54) is 12.5 Å². The van der Waals surface area contributed by atoms with Crippen LogP contribution in [0.2, 0.25) is 0 Å². The first kappa shape index (κ1) is 10.2. The average molecular weight is 194 g/mol. The summed E-state index contributed by atoms with van der Waals surface area (Å²) in [5, 5.41) is 8.31. The number of hydrogen-bond acceptors (Lipinski definition) is 3. The van der Waals surface area contributed by atoms with Gasteiger partial charge in [-0.2, -0.15) is 0 Å². The van der Waals surface area contributed by atoms with Crippen LogP contribution in [0.3, 0.4) is 0 Å². The van der Waals surface area contributed by atoms with E-state index >= 15 is 0 Å². The van der Waals surface area contributed by atoms with E-state index in [0.717, 1.165) is 4.90 Å². The van der Waals surface area contributed by atoms with Crippen LogP contribution >= 0.6 is 0 Å². The molecule has 0 aromatic heterocycles. The zero-order valence-electron chi connectivity index (χ0n) is 7.60. The second-order valence-electron chi connectivity index (χ2n) is 2.65. The van der Waals surface area contributed by atoms with Gasteiger partial charge in [0.15, 0.2) is 0 Å². The summed E-state index contributed by atoms with van der Waals surface area (Å²) in [6.07, 6.45) is 0. The Morgan fingerprint density at radius 2 is 1.86 bits per heavy atom. The molecule has 1 aromatic rings. The van der Waals surface area contributed by atoms with Crippen LogP contribution in [0.4, 0.5) is 4.79 Å². The van der Waals surface area contributed by atoms with Gasteiger partial charge in [0, 0.05) is 12.6 Å². The molecule has 0 heterocycles. The van der Waals surface area contributed by atoms with Gasteiger partial charge >= 0.3 is 6.03 Å². The zero-order valence-corrected chi connectivity index (χ0v) is 7.60. The summed E-state index contributed by atoms with van der Waals surface area (Å²) in [4.78, 5) is 23.2. The number of carbonyl (C=O) groups excluding carboxylic acids is 2. The summed E-state index contributed by atoms with van der Waals surface area (Å²) in [5.41, 5.74) is 1.77. The number of nitrogens with zero attached hydrogens (tertiary/aromatic N) is 1. The van der Waals surface area contributed by atoms with E-state index in [9.17, 15) is 9.59 Å². The molecule has 0 atom stereocenters. The van der Waals surface area contributed by atoms with Crippen molar-refractivity contribution < 1.29 is 14.8 Å². The molecule has 0 unspecified atom stereocenters. The third-order valence-corrected chi connectivity index (χ3v) is 1.73. The van der Waals surface area contributed by atoms with Gasteiger partial charge in [0.25, 0.3) is 5.91 Å². The number of urea groups is 1. The van der Waals surface area contributed by atoms with Crippen molar-refractivity contribution in [1.29, 1.82) is 0 Å². The highest BCUT2D eigenvalue weighted by molar-refractivity contribution is 6.03. The molecule has 3 amide bonds. The highest BCUT2D eigenvalue weighted by Crippen LogP contribution is 2.02. The monoisotopic (exact) mass is 194 g/mol. The predicted octanol–water partition coefficient (Wildman–Crippen LogP) is 0.857. The molecule has 0 bridgehead atoms. The largest absolute Gasteiger partial charge is 0.347 e. The van der Waals surface area contributed by atoms with Crippen LogP contribution in [-0.2, 0) is 0 Å². The van der Waals surface area contributed by atoms with Crippen molar-refractivity contribution in [3.05, 3.63) is 35.9 Å². The average Bonchev–Trinajstić information content (AvgIpc) is 2.27. The lowest BCUT2D eigenvalue weighted by atomic mass is 10.2. The molecule has 1 aromatic carbocycles. The van der Waals surface area contributed by atoms with E-state index in [4.69, 9.17) is 5.21 Å². The molecule has 0 spiro atoms. The molecule has 1 rings (SSSR count). The Morgan fingerprint density at radius 1 is 1.29 bits per heavy atom. The lowest BCUT2D eigenvalue weighted by molar-refractivity contribution is 0.0779. The Bertz CT molecular complexity index is 337. The SMILES string of the molecule is CN(C(=O)NO)C(=O)c1ccccc1. The minimum absolute atomic E-state index is 0.388. The summed E-state index contributed by atoms with van der Waals surface area (Å²) < 4.78 is 0. The maximum absolute atomic E-state index is 11.5. The standard InChI is InChI=1S/C9H10N2O3/c1-11(9(13)10-14)8(12)7-5-3-2-4-6-7/h2-6,14H,1H3,(H,10,13). The van der Waals surface area contributed by atoms with Crippen LogP contribution in [0.15, 0.2) is 30.3 Å². The van der Waals surface area contributed by atoms with Crippen LogP contribution in [-0.4, -0.2) is 29.1 Å². The zero-order chi connectivity index (χ0) is 10.6. The van der Waals surface area contributed by atoms with Gasteiger partial charge in [0.1, 0.15) is 0 Å². The molecule has 0 aliphatic rings. The van der Waals surface area contributed by atoms with Gasteiger partial charge in [-0.05, 0) is 12.1 Å². The maximum atomic E-state index is 11.5. The fraction of sp³-hybridized carbons (Fsp3) is 0.111. The topological polar surface area (TPSA) is 69.6 Å². The molecule has 0 radical (unpaired) electrons. The first-order valence-electron chi connectivity index (χ1n) is 3.94. The van der Waals surface area contributed by atoms with Gasteiger partial charge in [-0.15, -0.1) is 0 Å². The smallest absolute Gasteiger partial charge is 0.287 e. The van der Waals surface area contributed by atoms with Gasteiger partial charge in [-0.3, -0.25) is 14.9 Å². The summed E-state index contributed by atoms with van der Waals surface area (Å²) in [5.74, 6) is -0.475. The molecule has 74 valence electrons. The minimum Gasteiger partial charge on any atom is -0.287 e. The molecule has 0 saturated heterocycles. The highest BCUT2D eigenvalue weighted by Gasteiger charge is 2.16. The minimum atomic E-state index is -0.862. The molecule has 5 nitrogen and oxygen atoms in total. The van der Waals surface area contributed by atoms with E-state index in [0.29, 0.717) is 5.56 Å². The molecule has 2 N–H and O–H groups in total. The molecular weight excluding hydrogens is 184 g/mol. The summed E-state index contributed by atoms with van der Waals surface area (Å²) in [7, 11) is 1.28. The number of nitrogens with one attached hydrogen (secondary N) is 1. The van der Waals surface area contributed by atoms with Crippen LogP contribution in [0.5, 0.6) is 0 Å². The molecule has 0 aliphatic heterocycles. The summed E-state index contributed by atoms with van der Waals surface area (Å²) in [6, 6.07) is 7.46. The number of imide groups is 1. The van der Waals surface area contributed by atoms with E-state index in [1.807, 2.05) is 0 Å². The Kier molecular flexibility index (Phi) is 3.19. The Morgan fingerprint density at radius 3 is 2.36 bits per heavy atom. The lowest BCUT2D eigenvalue weighted by Crippen LogP contribution is -2.39. The molecule has 0 aliphatic carbocycles.